The lowest BCUT2D eigenvalue weighted by molar-refractivity contribution is 0.474. The van der Waals surface area contributed by atoms with Crippen LogP contribution in [0.4, 0.5) is 0 Å². The van der Waals surface area contributed by atoms with Crippen LogP contribution >= 0.6 is 0 Å². The van der Waals surface area contributed by atoms with E-state index in [1.807, 2.05) is 0 Å². The van der Waals surface area contributed by atoms with Crippen molar-refractivity contribution in [3.05, 3.63) is 40.7 Å². The van der Waals surface area contributed by atoms with Crippen LogP contribution in [0.1, 0.15) is 27.8 Å². The van der Waals surface area contributed by atoms with Gasteiger partial charge in [-0.3, -0.25) is 0 Å². The van der Waals surface area contributed by atoms with Crippen molar-refractivity contribution in [2.45, 2.75) is 34.6 Å². The molecule has 1 aromatic rings. The third-order valence-corrected chi connectivity index (χ3v) is 3.13. The summed E-state index contributed by atoms with van der Waals surface area (Å²) < 4.78 is 5.45. The molecule has 0 aromatic heterocycles. The Morgan fingerprint density at radius 3 is 1.50 bits per heavy atom. The average Bonchev–Trinajstić information content (AvgIpc) is 2.19. The van der Waals surface area contributed by atoms with Gasteiger partial charge in [0.05, 0.1) is 6.26 Å². The fraction of sp³-hybridized carbons (Fsp3) is 0.385. The highest BCUT2D eigenvalue weighted by molar-refractivity contribution is 5.53. The fourth-order valence-electron chi connectivity index (χ4n) is 1.73. The van der Waals surface area contributed by atoms with E-state index in [-0.39, 0.29) is 0 Å². The van der Waals surface area contributed by atoms with Gasteiger partial charge in [-0.15, -0.1) is 0 Å². The summed E-state index contributed by atoms with van der Waals surface area (Å²) >= 11 is 0. The van der Waals surface area contributed by atoms with Crippen molar-refractivity contribution >= 4 is 0 Å². The van der Waals surface area contributed by atoms with E-state index < -0.39 is 0 Å². The van der Waals surface area contributed by atoms with E-state index in [0.717, 1.165) is 5.75 Å². The lowest BCUT2D eigenvalue weighted by Crippen LogP contribution is -1.99. The molecule has 0 unspecified atom stereocenters. The van der Waals surface area contributed by atoms with Crippen molar-refractivity contribution in [3.8, 4) is 5.75 Å². The lowest BCUT2D eigenvalue weighted by atomic mass is 9.94. The summed E-state index contributed by atoms with van der Waals surface area (Å²) in [6, 6.07) is 0. The largest absolute Gasteiger partial charge is 0.465 e. The van der Waals surface area contributed by atoms with Gasteiger partial charge in [-0.1, -0.05) is 6.58 Å². The summed E-state index contributed by atoms with van der Waals surface area (Å²) in [6.07, 6.45) is 1.49. The van der Waals surface area contributed by atoms with Crippen molar-refractivity contribution in [2.24, 2.45) is 0 Å². The van der Waals surface area contributed by atoms with E-state index in [4.69, 9.17) is 4.74 Å². The Labute approximate surface area is 86.4 Å². The van der Waals surface area contributed by atoms with Crippen LogP contribution < -0.4 is 4.74 Å². The van der Waals surface area contributed by atoms with Gasteiger partial charge in [0.2, 0.25) is 0 Å². The van der Waals surface area contributed by atoms with Crippen LogP contribution in [0.5, 0.6) is 5.75 Å². The summed E-state index contributed by atoms with van der Waals surface area (Å²) in [5.74, 6) is 0.959. The van der Waals surface area contributed by atoms with Crippen molar-refractivity contribution < 1.29 is 4.74 Å². The highest BCUT2D eigenvalue weighted by atomic mass is 16.5. The van der Waals surface area contributed by atoms with E-state index in [0.29, 0.717) is 0 Å². The molecule has 0 fully saturated rings. The zero-order valence-electron chi connectivity index (χ0n) is 9.69. The van der Waals surface area contributed by atoms with Gasteiger partial charge >= 0.3 is 0 Å². The summed E-state index contributed by atoms with van der Waals surface area (Å²) in [5.41, 5.74) is 6.40. The van der Waals surface area contributed by atoms with Gasteiger partial charge in [0.25, 0.3) is 0 Å². The van der Waals surface area contributed by atoms with E-state index >= 15 is 0 Å². The molecule has 0 amide bonds. The number of hydrogen-bond donors (Lipinski definition) is 0. The maximum absolute atomic E-state index is 5.45. The summed E-state index contributed by atoms with van der Waals surface area (Å²) in [5, 5.41) is 0. The smallest absolute Gasteiger partial charge is 0.132 e. The highest BCUT2D eigenvalue weighted by Crippen LogP contribution is 2.32. The second kappa shape index (κ2) is 3.87. The molecule has 0 saturated carbocycles. The molecule has 0 N–H and O–H groups in total. The summed E-state index contributed by atoms with van der Waals surface area (Å²) in [6.45, 7) is 14.2. The third kappa shape index (κ3) is 1.54. The van der Waals surface area contributed by atoms with Crippen molar-refractivity contribution in [2.75, 3.05) is 0 Å². The molecule has 0 aliphatic heterocycles. The predicted octanol–water partition coefficient (Wildman–Crippen LogP) is 3.75. The molecule has 0 aliphatic rings. The first-order valence-corrected chi connectivity index (χ1v) is 4.85. The molecule has 76 valence electrons. The molecule has 0 heterocycles. The van der Waals surface area contributed by atoms with Gasteiger partial charge in [-0.25, -0.2) is 0 Å². The fourth-order valence-corrected chi connectivity index (χ4v) is 1.73. The molecule has 0 saturated heterocycles. The number of ether oxygens (including phenoxy) is 1. The molecule has 0 aliphatic carbocycles. The minimum atomic E-state index is 0.959. The molecule has 1 aromatic carbocycles. The monoisotopic (exact) mass is 190 g/mol. The second-order valence-corrected chi connectivity index (χ2v) is 3.74. The van der Waals surface area contributed by atoms with Crippen LogP contribution in [0.25, 0.3) is 0 Å². The van der Waals surface area contributed by atoms with Crippen LogP contribution in [0.3, 0.4) is 0 Å². The lowest BCUT2D eigenvalue weighted by Gasteiger charge is -2.17. The Bertz CT molecular complexity index is 346. The van der Waals surface area contributed by atoms with Crippen LogP contribution in [0.15, 0.2) is 12.8 Å². The topological polar surface area (TPSA) is 9.23 Å². The molecule has 0 spiro atoms. The minimum absolute atomic E-state index is 0.959. The number of rotatable bonds is 2. The molecule has 0 radical (unpaired) electrons. The Morgan fingerprint density at radius 1 is 0.786 bits per heavy atom. The summed E-state index contributed by atoms with van der Waals surface area (Å²) in [7, 11) is 0. The Hall–Kier alpha value is -1.24. The normalized spacial score (nSPS) is 10.1. The minimum Gasteiger partial charge on any atom is -0.465 e. The average molecular weight is 190 g/mol. The van der Waals surface area contributed by atoms with Crippen molar-refractivity contribution in [3.63, 3.8) is 0 Å². The van der Waals surface area contributed by atoms with Gasteiger partial charge in [0, 0.05) is 0 Å². The van der Waals surface area contributed by atoms with Crippen molar-refractivity contribution in [1.29, 1.82) is 0 Å². The molecule has 14 heavy (non-hydrogen) atoms. The number of hydrogen-bond acceptors (Lipinski definition) is 1. The first-order chi connectivity index (χ1) is 6.50. The SMILES string of the molecule is C=COc1c(C)c(C)c(C)c(C)c1C. The van der Waals surface area contributed by atoms with Crippen LogP contribution in [-0.4, -0.2) is 0 Å². The highest BCUT2D eigenvalue weighted by Gasteiger charge is 2.12. The first-order valence-electron chi connectivity index (χ1n) is 4.85. The zero-order chi connectivity index (χ0) is 10.9. The summed E-state index contributed by atoms with van der Waals surface area (Å²) in [4.78, 5) is 0. The van der Waals surface area contributed by atoms with Crippen LogP contribution in [-0.2, 0) is 0 Å². The third-order valence-electron chi connectivity index (χ3n) is 3.13. The molecular weight excluding hydrogens is 172 g/mol. The van der Waals surface area contributed by atoms with Gasteiger partial charge < -0.3 is 4.74 Å². The Morgan fingerprint density at radius 2 is 1.14 bits per heavy atom. The Balaban J connectivity index is 3.50. The van der Waals surface area contributed by atoms with E-state index in [2.05, 4.69) is 41.2 Å². The van der Waals surface area contributed by atoms with Gasteiger partial charge in [0.15, 0.2) is 0 Å². The van der Waals surface area contributed by atoms with Crippen LogP contribution in [0, 0.1) is 34.6 Å². The molecular formula is C13H18O. The first kappa shape index (κ1) is 10.8. The van der Waals surface area contributed by atoms with Crippen LogP contribution in [0.2, 0.25) is 0 Å². The van der Waals surface area contributed by atoms with E-state index in [1.165, 1.54) is 34.1 Å². The van der Waals surface area contributed by atoms with Gasteiger partial charge in [-0.05, 0) is 62.4 Å². The maximum Gasteiger partial charge on any atom is 0.132 e. The van der Waals surface area contributed by atoms with Gasteiger partial charge in [0.1, 0.15) is 5.75 Å². The quantitative estimate of drug-likeness (QED) is 0.645. The molecule has 1 heteroatoms. The molecule has 1 rings (SSSR count). The number of benzene rings is 1. The Kier molecular flexibility index (Phi) is 3.00. The standard InChI is InChI=1S/C13H18O/c1-7-14-13-11(5)9(3)8(2)10(4)12(13)6/h7H,1H2,2-6H3. The maximum atomic E-state index is 5.45. The zero-order valence-corrected chi connectivity index (χ0v) is 9.69. The molecule has 0 bridgehead atoms. The second-order valence-electron chi connectivity index (χ2n) is 3.74. The van der Waals surface area contributed by atoms with E-state index in [1.54, 1.807) is 0 Å². The van der Waals surface area contributed by atoms with Crippen molar-refractivity contribution in [1.82, 2.24) is 0 Å². The van der Waals surface area contributed by atoms with Gasteiger partial charge in [-0.2, -0.15) is 0 Å². The molecule has 1 nitrogen and oxygen atoms in total. The van der Waals surface area contributed by atoms with E-state index in [9.17, 15) is 0 Å². The molecule has 0 atom stereocenters. The predicted molar refractivity (Wildman–Crippen MR) is 61.0 cm³/mol.